The van der Waals surface area contributed by atoms with E-state index in [4.69, 9.17) is 0 Å². The van der Waals surface area contributed by atoms with Crippen molar-refractivity contribution in [1.82, 2.24) is 19.7 Å². The van der Waals surface area contributed by atoms with Crippen LogP contribution in [0.25, 0.3) is 0 Å². The fourth-order valence-corrected chi connectivity index (χ4v) is 1.74. The van der Waals surface area contributed by atoms with Gasteiger partial charge >= 0.3 is 0 Å². The van der Waals surface area contributed by atoms with Crippen molar-refractivity contribution in [3.05, 3.63) is 29.2 Å². The van der Waals surface area contributed by atoms with Gasteiger partial charge in [0.15, 0.2) is 0 Å². The highest BCUT2D eigenvalue weighted by Crippen LogP contribution is 2.14. The van der Waals surface area contributed by atoms with Crippen LogP contribution in [0.1, 0.15) is 16.8 Å². The maximum Gasteiger partial charge on any atom is 0.224 e. The number of hydrogen-bond acceptors (Lipinski definition) is 5. The minimum atomic E-state index is 0.617. The Morgan fingerprint density at radius 3 is 2.72 bits per heavy atom. The van der Waals surface area contributed by atoms with Crippen LogP contribution in [-0.4, -0.2) is 26.8 Å². The van der Waals surface area contributed by atoms with Crippen molar-refractivity contribution < 1.29 is 0 Å². The van der Waals surface area contributed by atoms with E-state index in [9.17, 15) is 0 Å². The predicted molar refractivity (Wildman–Crippen MR) is 71.6 cm³/mol. The van der Waals surface area contributed by atoms with Gasteiger partial charge in [0.05, 0.1) is 5.69 Å². The zero-order valence-corrected chi connectivity index (χ0v) is 11.2. The molecule has 6 heteroatoms. The molecule has 18 heavy (non-hydrogen) atoms. The summed E-state index contributed by atoms with van der Waals surface area (Å²) < 4.78 is 1.82. The van der Waals surface area contributed by atoms with Crippen LogP contribution in [0.3, 0.4) is 0 Å². The van der Waals surface area contributed by atoms with Gasteiger partial charge in [-0.15, -0.1) is 0 Å². The summed E-state index contributed by atoms with van der Waals surface area (Å²) in [7, 11) is 3.73. The largest absolute Gasteiger partial charge is 0.365 e. The molecule has 0 saturated heterocycles. The summed E-state index contributed by atoms with van der Waals surface area (Å²) in [4.78, 5) is 8.54. The first kappa shape index (κ1) is 12.3. The molecule has 0 unspecified atom stereocenters. The van der Waals surface area contributed by atoms with Gasteiger partial charge in [0.25, 0.3) is 0 Å². The van der Waals surface area contributed by atoms with Gasteiger partial charge in [-0.3, -0.25) is 4.68 Å². The summed E-state index contributed by atoms with van der Waals surface area (Å²) in [6, 6.07) is 0. The second-order valence-electron chi connectivity index (χ2n) is 4.24. The number of aromatic nitrogens is 4. The molecule has 0 aliphatic heterocycles. The first-order valence-electron chi connectivity index (χ1n) is 5.84. The minimum Gasteiger partial charge on any atom is -0.365 e. The number of aryl methyl sites for hydroxylation is 3. The van der Waals surface area contributed by atoms with Crippen molar-refractivity contribution in [1.29, 1.82) is 0 Å². The fourth-order valence-electron chi connectivity index (χ4n) is 1.74. The Morgan fingerprint density at radius 1 is 1.33 bits per heavy atom. The van der Waals surface area contributed by atoms with Crippen LogP contribution >= 0.6 is 0 Å². The second-order valence-corrected chi connectivity index (χ2v) is 4.24. The first-order valence-corrected chi connectivity index (χ1v) is 5.84. The van der Waals surface area contributed by atoms with Crippen LogP contribution in [0.4, 0.5) is 11.8 Å². The van der Waals surface area contributed by atoms with Gasteiger partial charge in [-0.05, 0) is 13.8 Å². The molecular weight excluding hydrogens is 228 g/mol. The number of anilines is 2. The lowest BCUT2D eigenvalue weighted by molar-refractivity contribution is 0.756. The van der Waals surface area contributed by atoms with Crippen LogP contribution in [0.2, 0.25) is 0 Å². The van der Waals surface area contributed by atoms with Gasteiger partial charge in [0.1, 0.15) is 5.82 Å². The van der Waals surface area contributed by atoms with E-state index in [1.807, 2.05) is 31.8 Å². The smallest absolute Gasteiger partial charge is 0.224 e. The van der Waals surface area contributed by atoms with Crippen molar-refractivity contribution in [3.8, 4) is 0 Å². The van der Waals surface area contributed by atoms with Crippen LogP contribution < -0.4 is 10.6 Å². The standard InChI is InChI=1S/C12H18N6/c1-8-5-15-12(13-3)16-11(8)14-6-10-7-18(4)17-9(10)2/h5,7H,6H2,1-4H3,(H2,13,14,15,16). The van der Waals surface area contributed by atoms with Crippen LogP contribution in [0.5, 0.6) is 0 Å². The highest BCUT2D eigenvalue weighted by Gasteiger charge is 2.06. The normalized spacial score (nSPS) is 10.4. The first-order chi connectivity index (χ1) is 8.60. The molecule has 0 aromatic carbocycles. The Balaban J connectivity index is 2.12. The Morgan fingerprint density at radius 2 is 2.11 bits per heavy atom. The lowest BCUT2D eigenvalue weighted by Crippen LogP contribution is -2.06. The van der Waals surface area contributed by atoms with Crippen molar-refractivity contribution in [2.24, 2.45) is 7.05 Å². The average Bonchev–Trinajstić information content (AvgIpc) is 2.67. The molecule has 2 heterocycles. The van der Waals surface area contributed by atoms with E-state index < -0.39 is 0 Å². The van der Waals surface area contributed by atoms with Crippen LogP contribution in [0, 0.1) is 13.8 Å². The molecule has 2 rings (SSSR count). The van der Waals surface area contributed by atoms with E-state index in [0.717, 1.165) is 17.1 Å². The van der Waals surface area contributed by atoms with Gasteiger partial charge in [0, 0.05) is 44.2 Å². The predicted octanol–water partition coefficient (Wildman–Crippen LogP) is 1.48. The number of nitrogens with zero attached hydrogens (tertiary/aromatic N) is 4. The van der Waals surface area contributed by atoms with E-state index in [1.54, 1.807) is 13.2 Å². The molecular formula is C12H18N6. The van der Waals surface area contributed by atoms with E-state index in [2.05, 4.69) is 25.7 Å². The molecule has 0 bridgehead atoms. The minimum absolute atomic E-state index is 0.617. The molecule has 0 fully saturated rings. The average molecular weight is 246 g/mol. The zero-order chi connectivity index (χ0) is 13.1. The topological polar surface area (TPSA) is 67.7 Å². The summed E-state index contributed by atoms with van der Waals surface area (Å²) >= 11 is 0. The Bertz CT molecular complexity index is 545. The van der Waals surface area contributed by atoms with Gasteiger partial charge in [0.2, 0.25) is 5.95 Å². The lowest BCUT2D eigenvalue weighted by Gasteiger charge is -2.09. The monoisotopic (exact) mass is 246 g/mol. The third kappa shape index (κ3) is 2.58. The van der Waals surface area contributed by atoms with E-state index in [-0.39, 0.29) is 0 Å². The van der Waals surface area contributed by atoms with E-state index in [0.29, 0.717) is 12.5 Å². The fraction of sp³-hybridized carbons (Fsp3) is 0.417. The molecule has 0 aliphatic rings. The molecule has 0 spiro atoms. The van der Waals surface area contributed by atoms with Gasteiger partial charge in [-0.2, -0.15) is 10.1 Å². The highest BCUT2D eigenvalue weighted by molar-refractivity contribution is 5.46. The molecule has 0 radical (unpaired) electrons. The Hall–Kier alpha value is -2.11. The van der Waals surface area contributed by atoms with Crippen LogP contribution in [0.15, 0.2) is 12.4 Å². The summed E-state index contributed by atoms with van der Waals surface area (Å²) in [6.07, 6.45) is 3.81. The highest BCUT2D eigenvalue weighted by atomic mass is 15.3. The second kappa shape index (κ2) is 5.03. The maximum atomic E-state index is 4.38. The van der Waals surface area contributed by atoms with Crippen molar-refractivity contribution in [2.75, 3.05) is 17.7 Å². The Labute approximate surface area is 106 Å². The van der Waals surface area contributed by atoms with Crippen molar-refractivity contribution >= 4 is 11.8 Å². The van der Waals surface area contributed by atoms with Crippen LogP contribution in [-0.2, 0) is 13.6 Å². The Kier molecular flexibility index (Phi) is 3.45. The molecule has 0 atom stereocenters. The number of nitrogens with one attached hydrogen (secondary N) is 2. The molecule has 2 aromatic heterocycles. The van der Waals surface area contributed by atoms with Gasteiger partial charge in [-0.1, -0.05) is 0 Å². The van der Waals surface area contributed by atoms with E-state index in [1.165, 1.54) is 5.56 Å². The molecule has 0 aliphatic carbocycles. The lowest BCUT2D eigenvalue weighted by atomic mass is 10.2. The number of rotatable bonds is 4. The summed E-state index contributed by atoms with van der Waals surface area (Å²) in [5.41, 5.74) is 3.22. The summed E-state index contributed by atoms with van der Waals surface area (Å²) in [6.45, 7) is 4.70. The third-order valence-corrected chi connectivity index (χ3v) is 2.76. The van der Waals surface area contributed by atoms with Crippen molar-refractivity contribution in [3.63, 3.8) is 0 Å². The maximum absolute atomic E-state index is 4.38. The summed E-state index contributed by atoms with van der Waals surface area (Å²) in [5.74, 6) is 1.46. The third-order valence-electron chi connectivity index (χ3n) is 2.76. The molecule has 0 amide bonds. The quantitative estimate of drug-likeness (QED) is 0.855. The molecule has 2 aromatic rings. The van der Waals surface area contributed by atoms with Crippen molar-refractivity contribution in [2.45, 2.75) is 20.4 Å². The molecule has 96 valence electrons. The van der Waals surface area contributed by atoms with Gasteiger partial charge < -0.3 is 10.6 Å². The number of hydrogen-bond donors (Lipinski definition) is 2. The van der Waals surface area contributed by atoms with E-state index >= 15 is 0 Å². The SMILES string of the molecule is CNc1ncc(C)c(NCc2cn(C)nc2C)n1. The molecule has 0 saturated carbocycles. The zero-order valence-electron chi connectivity index (χ0n) is 11.2. The summed E-state index contributed by atoms with van der Waals surface area (Å²) in [5, 5.41) is 10.6. The molecule has 6 nitrogen and oxygen atoms in total. The molecule has 2 N–H and O–H groups in total. The van der Waals surface area contributed by atoms with Gasteiger partial charge in [-0.25, -0.2) is 4.98 Å².